The number of carbonyl (C=O) groups excluding carboxylic acids is 1. The molecule has 7 nitrogen and oxygen atoms in total. The van der Waals surface area contributed by atoms with Crippen molar-refractivity contribution in [2.75, 3.05) is 7.11 Å². The lowest BCUT2D eigenvalue weighted by Crippen LogP contribution is -2.33. The molecule has 1 atom stereocenters. The number of rotatable bonds is 4. The zero-order chi connectivity index (χ0) is 13.0. The van der Waals surface area contributed by atoms with Crippen molar-refractivity contribution >= 4 is 11.7 Å². The van der Waals surface area contributed by atoms with Gasteiger partial charge < -0.3 is 10.5 Å². The van der Waals surface area contributed by atoms with Gasteiger partial charge in [-0.2, -0.15) is 0 Å². The molecule has 0 aliphatic heterocycles. The molecule has 1 heterocycles. The second-order valence-electron chi connectivity index (χ2n) is 3.55. The van der Waals surface area contributed by atoms with Crippen molar-refractivity contribution in [3.63, 3.8) is 0 Å². The van der Waals surface area contributed by atoms with Crippen molar-refractivity contribution in [2.45, 2.75) is 19.4 Å². The third-order valence-electron chi connectivity index (χ3n) is 2.27. The Morgan fingerprint density at radius 1 is 1.71 bits per heavy atom. The number of nitro groups is 1. The van der Waals surface area contributed by atoms with Crippen LogP contribution in [-0.4, -0.2) is 29.0 Å². The highest BCUT2D eigenvalue weighted by atomic mass is 16.6. The molecule has 1 aromatic rings. The van der Waals surface area contributed by atoms with Crippen LogP contribution < -0.4 is 5.73 Å². The fourth-order valence-corrected chi connectivity index (χ4v) is 1.37. The number of ether oxygens (including phenoxy) is 1. The van der Waals surface area contributed by atoms with E-state index in [0.29, 0.717) is 11.3 Å². The van der Waals surface area contributed by atoms with E-state index in [0.717, 1.165) is 6.20 Å². The Morgan fingerprint density at radius 3 is 2.82 bits per heavy atom. The van der Waals surface area contributed by atoms with Gasteiger partial charge in [-0.1, -0.05) is 0 Å². The molecule has 0 fully saturated rings. The van der Waals surface area contributed by atoms with E-state index in [1.807, 2.05) is 0 Å². The van der Waals surface area contributed by atoms with Crippen LogP contribution in [0.2, 0.25) is 0 Å². The normalized spacial score (nSPS) is 11.9. The summed E-state index contributed by atoms with van der Waals surface area (Å²) in [5.41, 5.74) is 6.51. The number of esters is 1. The molecule has 0 saturated carbocycles. The van der Waals surface area contributed by atoms with Crippen LogP contribution in [0.5, 0.6) is 0 Å². The predicted molar refractivity (Wildman–Crippen MR) is 59.3 cm³/mol. The average molecular weight is 239 g/mol. The summed E-state index contributed by atoms with van der Waals surface area (Å²) in [4.78, 5) is 25.0. The predicted octanol–water partition coefficient (Wildman–Crippen LogP) is 0.341. The first-order valence-electron chi connectivity index (χ1n) is 4.89. The van der Waals surface area contributed by atoms with Crippen LogP contribution in [0.25, 0.3) is 0 Å². The molecule has 0 aromatic carbocycles. The van der Waals surface area contributed by atoms with Crippen molar-refractivity contribution in [2.24, 2.45) is 5.73 Å². The van der Waals surface area contributed by atoms with Gasteiger partial charge in [-0.25, -0.2) is 0 Å². The van der Waals surface area contributed by atoms with Crippen LogP contribution in [0.15, 0.2) is 12.3 Å². The van der Waals surface area contributed by atoms with Gasteiger partial charge in [0, 0.05) is 17.7 Å². The minimum absolute atomic E-state index is 0.0552. The van der Waals surface area contributed by atoms with Crippen molar-refractivity contribution < 1.29 is 14.5 Å². The van der Waals surface area contributed by atoms with Crippen LogP contribution in [-0.2, 0) is 16.0 Å². The molecule has 0 saturated heterocycles. The first-order valence-corrected chi connectivity index (χ1v) is 4.89. The fraction of sp³-hybridized carbons (Fsp3) is 0.400. The molecular weight excluding hydrogens is 226 g/mol. The largest absolute Gasteiger partial charge is 0.468 e. The van der Waals surface area contributed by atoms with Crippen molar-refractivity contribution in [3.05, 3.63) is 33.6 Å². The Morgan fingerprint density at radius 2 is 2.35 bits per heavy atom. The molecule has 17 heavy (non-hydrogen) atoms. The fourth-order valence-electron chi connectivity index (χ4n) is 1.37. The van der Waals surface area contributed by atoms with E-state index in [2.05, 4.69) is 9.72 Å². The number of hydrogen-bond acceptors (Lipinski definition) is 6. The lowest BCUT2D eigenvalue weighted by Gasteiger charge is -2.08. The van der Waals surface area contributed by atoms with Crippen molar-refractivity contribution in [1.82, 2.24) is 4.98 Å². The molecule has 0 spiro atoms. The lowest BCUT2D eigenvalue weighted by atomic mass is 10.1. The summed E-state index contributed by atoms with van der Waals surface area (Å²) >= 11 is 0. The Hall–Kier alpha value is -2.02. The van der Waals surface area contributed by atoms with E-state index in [9.17, 15) is 14.9 Å². The highest BCUT2D eigenvalue weighted by molar-refractivity contribution is 5.75. The van der Waals surface area contributed by atoms with Crippen molar-refractivity contribution in [3.8, 4) is 0 Å². The lowest BCUT2D eigenvalue weighted by molar-refractivity contribution is -0.385. The summed E-state index contributed by atoms with van der Waals surface area (Å²) in [7, 11) is 1.25. The van der Waals surface area contributed by atoms with Crippen LogP contribution in [0.3, 0.4) is 0 Å². The molecule has 0 bridgehead atoms. The molecule has 0 aliphatic carbocycles. The molecule has 1 aromatic heterocycles. The zero-order valence-electron chi connectivity index (χ0n) is 9.54. The number of methoxy groups -OCH3 is 1. The van der Waals surface area contributed by atoms with Gasteiger partial charge in [0.05, 0.1) is 12.0 Å². The summed E-state index contributed by atoms with van der Waals surface area (Å²) in [5, 5.41) is 10.6. The molecule has 2 N–H and O–H groups in total. The summed E-state index contributed by atoms with van der Waals surface area (Å²) < 4.78 is 4.48. The van der Waals surface area contributed by atoms with E-state index in [4.69, 9.17) is 5.73 Å². The summed E-state index contributed by atoms with van der Waals surface area (Å²) in [6, 6.07) is 0.731. The smallest absolute Gasteiger partial charge is 0.323 e. The zero-order valence-corrected chi connectivity index (χ0v) is 9.54. The third kappa shape index (κ3) is 3.22. The Labute approximate surface area is 97.7 Å². The molecule has 0 amide bonds. The van der Waals surface area contributed by atoms with Gasteiger partial charge in [0.15, 0.2) is 0 Å². The highest BCUT2D eigenvalue weighted by Gasteiger charge is 2.17. The molecule has 7 heteroatoms. The minimum atomic E-state index is -0.812. The van der Waals surface area contributed by atoms with Crippen LogP contribution in [0, 0.1) is 17.0 Å². The number of nitrogens with two attached hydrogens (primary N) is 1. The van der Waals surface area contributed by atoms with Gasteiger partial charge in [-0.15, -0.1) is 0 Å². The molecule has 92 valence electrons. The molecule has 0 unspecified atom stereocenters. The number of nitrogens with zero attached hydrogens (tertiary/aromatic N) is 2. The first-order chi connectivity index (χ1) is 7.95. The number of pyridine rings is 1. The van der Waals surface area contributed by atoms with E-state index >= 15 is 0 Å². The SMILES string of the molecule is COC(=O)[C@@H](N)Cc1cc(C)c([N+](=O)[O-])cn1. The van der Waals surface area contributed by atoms with Gasteiger partial charge in [0.2, 0.25) is 0 Å². The number of carbonyl (C=O) groups is 1. The number of hydrogen-bond donors (Lipinski definition) is 1. The second-order valence-corrected chi connectivity index (χ2v) is 3.55. The maximum atomic E-state index is 11.1. The molecule has 0 radical (unpaired) electrons. The Kier molecular flexibility index (Phi) is 4.11. The van der Waals surface area contributed by atoms with Gasteiger partial charge >= 0.3 is 5.97 Å². The standard InChI is InChI=1S/C10H13N3O4/c1-6-3-7(4-8(11)10(14)17-2)12-5-9(6)13(15)16/h3,5,8H,4,11H2,1-2H3/t8-/m0/s1. The highest BCUT2D eigenvalue weighted by Crippen LogP contribution is 2.17. The number of aryl methyl sites for hydroxylation is 1. The van der Waals surface area contributed by atoms with E-state index in [-0.39, 0.29) is 12.1 Å². The summed E-state index contributed by atoms with van der Waals surface area (Å²) in [5.74, 6) is -0.539. The van der Waals surface area contributed by atoms with E-state index < -0.39 is 16.9 Å². The van der Waals surface area contributed by atoms with E-state index in [1.165, 1.54) is 7.11 Å². The van der Waals surface area contributed by atoms with Gasteiger partial charge in [0.1, 0.15) is 12.2 Å². The van der Waals surface area contributed by atoms with Gasteiger partial charge in [-0.3, -0.25) is 19.9 Å². The van der Waals surface area contributed by atoms with Gasteiger partial charge in [0.25, 0.3) is 5.69 Å². The van der Waals surface area contributed by atoms with E-state index in [1.54, 1.807) is 13.0 Å². The summed E-state index contributed by atoms with van der Waals surface area (Å²) in [6.07, 6.45) is 1.35. The monoisotopic (exact) mass is 239 g/mol. The quantitative estimate of drug-likeness (QED) is 0.461. The maximum absolute atomic E-state index is 11.1. The van der Waals surface area contributed by atoms with Crippen LogP contribution in [0.1, 0.15) is 11.3 Å². The van der Waals surface area contributed by atoms with Crippen LogP contribution in [0.4, 0.5) is 5.69 Å². The number of aromatic nitrogens is 1. The molecule has 0 aliphatic rings. The maximum Gasteiger partial charge on any atom is 0.323 e. The topological polar surface area (TPSA) is 108 Å². The average Bonchev–Trinajstić information content (AvgIpc) is 2.27. The first kappa shape index (κ1) is 13.0. The van der Waals surface area contributed by atoms with Crippen LogP contribution >= 0.6 is 0 Å². The van der Waals surface area contributed by atoms with Crippen molar-refractivity contribution in [1.29, 1.82) is 0 Å². The minimum Gasteiger partial charge on any atom is -0.468 e. The van der Waals surface area contributed by atoms with Gasteiger partial charge in [-0.05, 0) is 13.0 Å². The third-order valence-corrected chi connectivity index (χ3v) is 2.27. The molecular formula is C10H13N3O4. The molecule has 1 rings (SSSR count). The Balaban J connectivity index is 2.84. The summed E-state index contributed by atoms with van der Waals surface area (Å²) in [6.45, 7) is 1.60. The Bertz CT molecular complexity index is 447. The second kappa shape index (κ2) is 5.35.